The van der Waals surface area contributed by atoms with Crippen LogP contribution in [0.15, 0.2) is 34.5 Å². The van der Waals surface area contributed by atoms with Gasteiger partial charge >= 0.3 is 0 Å². The van der Waals surface area contributed by atoms with Crippen LogP contribution >= 0.6 is 0 Å². The maximum atomic E-state index is 12.3. The van der Waals surface area contributed by atoms with E-state index in [4.69, 9.17) is 11.7 Å². The average molecular weight is 323 g/mol. The van der Waals surface area contributed by atoms with Crippen LogP contribution in [0.5, 0.6) is 0 Å². The normalized spacial score (nSPS) is 13.4. The van der Waals surface area contributed by atoms with Crippen LogP contribution < -0.4 is 10.6 Å². The number of anilines is 1. The molecule has 0 bridgehead atoms. The number of carbonyl (C=O) groups excluding carboxylic acids is 2. The molecule has 0 saturated carbocycles. The number of hydrogen-bond acceptors (Lipinski definition) is 5. The highest BCUT2D eigenvalue weighted by molar-refractivity contribution is 6.04. The number of benzene rings is 1. The summed E-state index contributed by atoms with van der Waals surface area (Å²) in [5, 5.41) is 21.9. The molecule has 0 radical (unpaired) electrons. The number of nitriles is 1. The van der Waals surface area contributed by atoms with Crippen LogP contribution in [-0.2, 0) is 4.79 Å². The molecule has 1 aliphatic heterocycles. The molecule has 2 amide bonds. The molecule has 122 valence electrons. The second kappa shape index (κ2) is 7.89. The summed E-state index contributed by atoms with van der Waals surface area (Å²) in [5.41, 5.74) is 0.268. The van der Waals surface area contributed by atoms with Gasteiger partial charge in [-0.1, -0.05) is 12.1 Å². The fraction of sp³-hybridized carbons (Fsp3) is 0.353. The summed E-state index contributed by atoms with van der Waals surface area (Å²) in [6, 6.07) is 8.39. The third-order valence-electron chi connectivity index (χ3n) is 3.55. The van der Waals surface area contributed by atoms with Crippen molar-refractivity contribution in [1.82, 2.24) is 5.32 Å². The van der Waals surface area contributed by atoms with Crippen molar-refractivity contribution >= 4 is 17.5 Å². The molecular formula is C17H17N5O2. The minimum absolute atomic E-state index is 0.267. The SMILES string of the molecule is C#CCCC1(CCNC(=O)c2ccccc2NC(=O)CC#N)N=N1. The molecule has 0 aliphatic carbocycles. The van der Waals surface area contributed by atoms with E-state index >= 15 is 0 Å². The van der Waals surface area contributed by atoms with Gasteiger partial charge < -0.3 is 10.6 Å². The lowest BCUT2D eigenvalue weighted by atomic mass is 10.0. The summed E-state index contributed by atoms with van der Waals surface area (Å²) in [4.78, 5) is 23.8. The first-order valence-electron chi connectivity index (χ1n) is 7.52. The summed E-state index contributed by atoms with van der Waals surface area (Å²) >= 11 is 0. The summed E-state index contributed by atoms with van der Waals surface area (Å²) in [6.07, 6.45) is 6.83. The Hall–Kier alpha value is -3.19. The van der Waals surface area contributed by atoms with E-state index in [2.05, 4.69) is 26.8 Å². The Labute approximate surface area is 140 Å². The first-order chi connectivity index (χ1) is 11.6. The molecule has 0 atom stereocenters. The van der Waals surface area contributed by atoms with Gasteiger partial charge in [0, 0.05) is 25.8 Å². The van der Waals surface area contributed by atoms with Crippen molar-refractivity contribution in [2.75, 3.05) is 11.9 Å². The zero-order valence-electron chi connectivity index (χ0n) is 13.1. The summed E-state index contributed by atoms with van der Waals surface area (Å²) < 4.78 is 0. The lowest BCUT2D eigenvalue weighted by Crippen LogP contribution is -2.29. The molecule has 2 rings (SSSR count). The van der Waals surface area contributed by atoms with Crippen molar-refractivity contribution in [2.24, 2.45) is 10.2 Å². The molecule has 7 nitrogen and oxygen atoms in total. The Balaban J connectivity index is 1.90. The van der Waals surface area contributed by atoms with Crippen LogP contribution in [0, 0.1) is 23.7 Å². The van der Waals surface area contributed by atoms with Crippen LogP contribution in [0.4, 0.5) is 5.69 Å². The predicted octanol–water partition coefficient (Wildman–Crippen LogP) is 2.23. The molecule has 1 heterocycles. The van der Waals surface area contributed by atoms with Gasteiger partial charge in [-0.2, -0.15) is 15.5 Å². The fourth-order valence-electron chi connectivity index (χ4n) is 2.20. The predicted molar refractivity (Wildman–Crippen MR) is 87.9 cm³/mol. The van der Waals surface area contributed by atoms with Gasteiger partial charge in [-0.25, -0.2) is 0 Å². The quantitative estimate of drug-likeness (QED) is 0.716. The Morgan fingerprint density at radius 1 is 1.25 bits per heavy atom. The average Bonchev–Trinajstić information content (AvgIpc) is 3.34. The lowest BCUT2D eigenvalue weighted by molar-refractivity contribution is -0.115. The molecule has 24 heavy (non-hydrogen) atoms. The molecule has 0 fully saturated rings. The maximum absolute atomic E-state index is 12.3. The van der Waals surface area contributed by atoms with Crippen molar-refractivity contribution in [3.05, 3.63) is 29.8 Å². The Morgan fingerprint density at radius 2 is 2.00 bits per heavy atom. The van der Waals surface area contributed by atoms with Gasteiger partial charge in [0.15, 0.2) is 5.66 Å². The molecule has 7 heteroatoms. The number of terminal acetylenes is 1. The zero-order chi connectivity index (χ0) is 17.4. The van der Waals surface area contributed by atoms with E-state index in [9.17, 15) is 9.59 Å². The molecule has 2 N–H and O–H groups in total. The van der Waals surface area contributed by atoms with E-state index in [0.717, 1.165) is 0 Å². The van der Waals surface area contributed by atoms with E-state index in [1.165, 1.54) is 0 Å². The number of nitrogens with zero attached hydrogens (tertiary/aromatic N) is 3. The highest BCUT2D eigenvalue weighted by atomic mass is 16.2. The molecule has 0 unspecified atom stereocenters. The highest BCUT2D eigenvalue weighted by Gasteiger charge is 2.38. The standard InChI is InChI=1S/C17H17N5O2/c1-2-3-9-17(21-22-17)10-12-19-16(24)13-6-4-5-7-14(13)20-15(23)8-11-18/h1,4-7H,3,8-10,12H2,(H,19,24)(H,20,23). The molecule has 1 aromatic carbocycles. The van der Waals surface area contributed by atoms with E-state index in [1.54, 1.807) is 30.3 Å². The number of nitrogens with one attached hydrogen (secondary N) is 2. The highest BCUT2D eigenvalue weighted by Crippen LogP contribution is 2.36. The van der Waals surface area contributed by atoms with Crippen LogP contribution in [-0.4, -0.2) is 24.0 Å². The van der Waals surface area contributed by atoms with E-state index in [-0.39, 0.29) is 12.3 Å². The topological polar surface area (TPSA) is 107 Å². The van der Waals surface area contributed by atoms with Crippen molar-refractivity contribution in [1.29, 1.82) is 5.26 Å². The van der Waals surface area contributed by atoms with Crippen LogP contribution in [0.2, 0.25) is 0 Å². The maximum Gasteiger partial charge on any atom is 0.253 e. The zero-order valence-corrected chi connectivity index (χ0v) is 13.1. The second-order valence-corrected chi connectivity index (χ2v) is 5.32. The molecule has 0 aromatic heterocycles. The summed E-state index contributed by atoms with van der Waals surface area (Å²) in [7, 11) is 0. The molecular weight excluding hydrogens is 306 g/mol. The minimum atomic E-state index is -0.457. The van der Waals surface area contributed by atoms with Gasteiger partial charge in [0.1, 0.15) is 6.42 Å². The van der Waals surface area contributed by atoms with Gasteiger partial charge in [0.05, 0.1) is 17.3 Å². The lowest BCUT2D eigenvalue weighted by Gasteiger charge is -2.12. The Morgan fingerprint density at radius 3 is 2.67 bits per heavy atom. The molecule has 1 aromatic rings. The molecule has 1 aliphatic rings. The van der Waals surface area contributed by atoms with Crippen LogP contribution in [0.1, 0.15) is 36.0 Å². The first-order valence-corrected chi connectivity index (χ1v) is 7.52. The Bertz CT molecular complexity index is 736. The van der Waals surface area contributed by atoms with Gasteiger partial charge in [0.2, 0.25) is 5.91 Å². The second-order valence-electron chi connectivity index (χ2n) is 5.32. The monoisotopic (exact) mass is 323 g/mol. The molecule has 0 saturated heterocycles. The van der Waals surface area contributed by atoms with Crippen molar-refractivity contribution < 1.29 is 9.59 Å². The number of hydrogen-bond donors (Lipinski definition) is 2. The van der Waals surface area contributed by atoms with Gasteiger partial charge in [-0.15, -0.1) is 12.3 Å². The summed E-state index contributed by atoms with van der Waals surface area (Å²) in [6.45, 7) is 0.400. The minimum Gasteiger partial charge on any atom is -0.352 e. The number of carbonyl (C=O) groups is 2. The molecule has 0 spiro atoms. The third-order valence-corrected chi connectivity index (χ3v) is 3.55. The van der Waals surface area contributed by atoms with Gasteiger partial charge in [-0.3, -0.25) is 9.59 Å². The fourth-order valence-corrected chi connectivity index (χ4v) is 2.20. The van der Waals surface area contributed by atoms with Crippen LogP contribution in [0.3, 0.4) is 0 Å². The largest absolute Gasteiger partial charge is 0.352 e. The van der Waals surface area contributed by atoms with E-state index in [1.807, 2.05) is 0 Å². The van der Waals surface area contributed by atoms with E-state index in [0.29, 0.717) is 37.1 Å². The van der Waals surface area contributed by atoms with Gasteiger partial charge in [-0.05, 0) is 12.1 Å². The summed E-state index contributed by atoms with van der Waals surface area (Å²) in [5.74, 6) is 1.79. The number of amides is 2. The van der Waals surface area contributed by atoms with Crippen molar-refractivity contribution in [3.63, 3.8) is 0 Å². The van der Waals surface area contributed by atoms with Crippen molar-refractivity contribution in [2.45, 2.75) is 31.3 Å². The van der Waals surface area contributed by atoms with Crippen LogP contribution in [0.25, 0.3) is 0 Å². The smallest absolute Gasteiger partial charge is 0.253 e. The number of para-hydroxylation sites is 1. The first kappa shape index (κ1) is 17.2. The number of rotatable bonds is 8. The van der Waals surface area contributed by atoms with Gasteiger partial charge in [0.25, 0.3) is 5.91 Å². The van der Waals surface area contributed by atoms with Crippen molar-refractivity contribution in [3.8, 4) is 18.4 Å². The Kier molecular flexibility index (Phi) is 5.64. The third kappa shape index (κ3) is 4.65. The van der Waals surface area contributed by atoms with E-state index < -0.39 is 11.6 Å².